The van der Waals surface area contributed by atoms with Gasteiger partial charge < -0.3 is 5.32 Å². The van der Waals surface area contributed by atoms with Gasteiger partial charge in [0.1, 0.15) is 0 Å². The summed E-state index contributed by atoms with van der Waals surface area (Å²) in [6.45, 7) is 10.0. The molecule has 1 N–H and O–H groups in total. The third-order valence-corrected chi connectivity index (χ3v) is 6.30. The molecule has 178 valence electrons. The summed E-state index contributed by atoms with van der Waals surface area (Å²) < 4.78 is 0. The molecule has 0 atom stereocenters. The van der Waals surface area contributed by atoms with Crippen molar-refractivity contribution < 1.29 is 4.79 Å². The summed E-state index contributed by atoms with van der Waals surface area (Å²) in [6.07, 6.45) is 30.7. The number of carbonyl (C=O) groups is 1. The zero-order valence-corrected chi connectivity index (χ0v) is 21.0. The summed E-state index contributed by atoms with van der Waals surface area (Å²) in [7, 11) is 0. The third-order valence-electron chi connectivity index (χ3n) is 6.30. The summed E-state index contributed by atoms with van der Waals surface area (Å²) >= 11 is 0. The molecule has 0 aliphatic heterocycles. The van der Waals surface area contributed by atoms with E-state index in [-0.39, 0.29) is 11.4 Å². The standard InChI is InChI=1S/C28H55NO/c1-5-7-8-9-10-11-12-13-14-15-16-17-18-19-20-21-22-23-24-25-26-28(3,4)29-27(30)6-2/h6H,2,5,7-26H2,1,3-4H3,(H,29,30). The van der Waals surface area contributed by atoms with Gasteiger partial charge in [0.2, 0.25) is 5.91 Å². The number of carbonyl (C=O) groups excluding carboxylic acids is 1. The SMILES string of the molecule is C=CC(=O)NC(C)(C)CCCCCCCCCCCCCCCCCCCCCC. The van der Waals surface area contributed by atoms with Crippen LogP contribution in [0.1, 0.15) is 156 Å². The van der Waals surface area contributed by atoms with Crippen LogP contribution in [-0.2, 0) is 4.79 Å². The maximum atomic E-state index is 11.4. The first-order chi connectivity index (χ1) is 14.5. The van der Waals surface area contributed by atoms with Crippen LogP contribution in [0.5, 0.6) is 0 Å². The Morgan fingerprint density at radius 1 is 0.633 bits per heavy atom. The molecule has 30 heavy (non-hydrogen) atoms. The molecule has 0 rings (SSSR count). The Morgan fingerprint density at radius 3 is 1.23 bits per heavy atom. The number of nitrogens with one attached hydrogen (secondary N) is 1. The second-order valence-corrected chi connectivity index (χ2v) is 10.0. The predicted octanol–water partition coefficient (Wildman–Crippen LogP) is 9.28. The van der Waals surface area contributed by atoms with Crippen molar-refractivity contribution >= 4 is 5.91 Å². The van der Waals surface area contributed by atoms with E-state index in [4.69, 9.17) is 0 Å². The second-order valence-electron chi connectivity index (χ2n) is 10.0. The van der Waals surface area contributed by atoms with Crippen molar-refractivity contribution in [1.29, 1.82) is 0 Å². The fourth-order valence-electron chi connectivity index (χ4n) is 4.27. The average molecular weight is 422 g/mol. The molecule has 0 bridgehead atoms. The first-order valence-corrected chi connectivity index (χ1v) is 13.5. The van der Waals surface area contributed by atoms with Gasteiger partial charge in [0.05, 0.1) is 0 Å². The van der Waals surface area contributed by atoms with Crippen LogP contribution in [0.2, 0.25) is 0 Å². The van der Waals surface area contributed by atoms with Crippen LogP contribution in [0.25, 0.3) is 0 Å². The minimum Gasteiger partial charge on any atom is -0.348 e. The lowest BCUT2D eigenvalue weighted by atomic mass is 9.95. The zero-order valence-electron chi connectivity index (χ0n) is 21.0. The summed E-state index contributed by atoms with van der Waals surface area (Å²) in [5, 5.41) is 3.01. The van der Waals surface area contributed by atoms with Crippen LogP contribution >= 0.6 is 0 Å². The van der Waals surface area contributed by atoms with Gasteiger partial charge in [-0.2, -0.15) is 0 Å². The molecular formula is C28H55NO. The minimum atomic E-state index is -0.112. The minimum absolute atomic E-state index is 0.0619. The Morgan fingerprint density at radius 2 is 0.933 bits per heavy atom. The molecule has 0 radical (unpaired) electrons. The molecule has 0 aliphatic carbocycles. The number of hydrogen-bond donors (Lipinski definition) is 1. The van der Waals surface area contributed by atoms with Crippen molar-refractivity contribution in [2.45, 2.75) is 161 Å². The van der Waals surface area contributed by atoms with Crippen LogP contribution in [0.3, 0.4) is 0 Å². The van der Waals surface area contributed by atoms with Gasteiger partial charge in [-0.1, -0.05) is 142 Å². The number of unbranched alkanes of at least 4 members (excludes halogenated alkanes) is 19. The number of hydrogen-bond acceptors (Lipinski definition) is 1. The van der Waals surface area contributed by atoms with Crippen molar-refractivity contribution in [3.8, 4) is 0 Å². The van der Waals surface area contributed by atoms with Crippen molar-refractivity contribution in [3.63, 3.8) is 0 Å². The van der Waals surface area contributed by atoms with E-state index in [1.165, 1.54) is 134 Å². The van der Waals surface area contributed by atoms with Gasteiger partial charge in [0.15, 0.2) is 0 Å². The summed E-state index contributed by atoms with van der Waals surface area (Å²) in [5.74, 6) is -0.0619. The molecule has 0 saturated heterocycles. The Balaban J connectivity index is 3.19. The quantitative estimate of drug-likeness (QED) is 0.129. The van der Waals surface area contributed by atoms with E-state index in [2.05, 4.69) is 32.7 Å². The number of rotatable bonds is 23. The summed E-state index contributed by atoms with van der Waals surface area (Å²) in [6, 6.07) is 0. The lowest BCUT2D eigenvalue weighted by Crippen LogP contribution is -2.42. The fraction of sp³-hybridized carbons (Fsp3) is 0.893. The monoisotopic (exact) mass is 421 g/mol. The fourth-order valence-corrected chi connectivity index (χ4v) is 4.27. The average Bonchev–Trinajstić information content (AvgIpc) is 2.71. The van der Waals surface area contributed by atoms with Crippen molar-refractivity contribution in [3.05, 3.63) is 12.7 Å². The smallest absolute Gasteiger partial charge is 0.243 e. The predicted molar refractivity (Wildman–Crippen MR) is 135 cm³/mol. The van der Waals surface area contributed by atoms with Crippen molar-refractivity contribution in [1.82, 2.24) is 5.32 Å². The molecule has 0 saturated carbocycles. The number of amides is 1. The molecule has 0 aliphatic rings. The Labute approximate surface area is 190 Å². The van der Waals surface area contributed by atoms with Gasteiger partial charge in [-0.05, 0) is 26.3 Å². The highest BCUT2D eigenvalue weighted by molar-refractivity contribution is 5.87. The summed E-state index contributed by atoms with van der Waals surface area (Å²) in [4.78, 5) is 11.4. The van der Waals surface area contributed by atoms with E-state index >= 15 is 0 Å². The lowest BCUT2D eigenvalue weighted by molar-refractivity contribution is -0.118. The van der Waals surface area contributed by atoms with Gasteiger partial charge in [-0.25, -0.2) is 0 Å². The highest BCUT2D eigenvalue weighted by Gasteiger charge is 2.18. The van der Waals surface area contributed by atoms with Crippen LogP contribution in [0.4, 0.5) is 0 Å². The Bertz CT molecular complexity index is 388. The molecule has 0 unspecified atom stereocenters. The Kier molecular flexibility index (Phi) is 20.9. The second kappa shape index (κ2) is 21.4. The van der Waals surface area contributed by atoms with E-state index in [1.54, 1.807) is 0 Å². The van der Waals surface area contributed by atoms with Gasteiger partial charge in [-0.3, -0.25) is 4.79 Å². The topological polar surface area (TPSA) is 29.1 Å². The highest BCUT2D eigenvalue weighted by atomic mass is 16.1. The van der Waals surface area contributed by atoms with Crippen LogP contribution < -0.4 is 5.32 Å². The first-order valence-electron chi connectivity index (χ1n) is 13.5. The Hall–Kier alpha value is -0.790. The lowest BCUT2D eigenvalue weighted by Gasteiger charge is -2.25. The summed E-state index contributed by atoms with van der Waals surface area (Å²) in [5.41, 5.74) is -0.112. The molecule has 0 aromatic rings. The third kappa shape index (κ3) is 21.9. The van der Waals surface area contributed by atoms with Crippen LogP contribution in [0.15, 0.2) is 12.7 Å². The first kappa shape index (κ1) is 29.2. The maximum absolute atomic E-state index is 11.4. The van der Waals surface area contributed by atoms with Gasteiger partial charge in [-0.15, -0.1) is 0 Å². The molecule has 0 spiro atoms. The molecule has 2 nitrogen and oxygen atoms in total. The molecule has 0 heterocycles. The van der Waals surface area contributed by atoms with Crippen LogP contribution in [0, 0.1) is 0 Å². The molecule has 0 aromatic heterocycles. The highest BCUT2D eigenvalue weighted by Crippen LogP contribution is 2.17. The van der Waals surface area contributed by atoms with Crippen LogP contribution in [-0.4, -0.2) is 11.4 Å². The molecule has 0 aromatic carbocycles. The molecule has 1 amide bonds. The largest absolute Gasteiger partial charge is 0.348 e. The zero-order chi connectivity index (χ0) is 22.3. The van der Waals surface area contributed by atoms with Gasteiger partial charge in [0.25, 0.3) is 0 Å². The van der Waals surface area contributed by atoms with Gasteiger partial charge >= 0.3 is 0 Å². The normalized spacial score (nSPS) is 11.6. The van der Waals surface area contributed by atoms with E-state index in [9.17, 15) is 4.79 Å². The molecule has 0 fully saturated rings. The van der Waals surface area contributed by atoms with Crippen molar-refractivity contribution in [2.75, 3.05) is 0 Å². The van der Waals surface area contributed by atoms with E-state index in [0.29, 0.717) is 0 Å². The van der Waals surface area contributed by atoms with E-state index < -0.39 is 0 Å². The van der Waals surface area contributed by atoms with Gasteiger partial charge in [0, 0.05) is 5.54 Å². The van der Waals surface area contributed by atoms with E-state index in [0.717, 1.165) is 6.42 Å². The van der Waals surface area contributed by atoms with E-state index in [1.807, 2.05) is 0 Å². The molecular weight excluding hydrogens is 366 g/mol. The molecule has 2 heteroatoms. The van der Waals surface area contributed by atoms with Crippen molar-refractivity contribution in [2.24, 2.45) is 0 Å². The maximum Gasteiger partial charge on any atom is 0.243 e.